The maximum absolute atomic E-state index is 14.6. The Kier molecular flexibility index (Phi) is 9.97. The molecule has 0 bridgehead atoms. The highest BCUT2D eigenvalue weighted by Crippen LogP contribution is 2.39. The third-order valence-corrected chi connectivity index (χ3v) is 10.3. The maximum Gasteiger partial charge on any atom is 0.309 e. The van der Waals surface area contributed by atoms with Crippen LogP contribution >= 0.6 is 11.6 Å². The van der Waals surface area contributed by atoms with Gasteiger partial charge < -0.3 is 14.4 Å². The third kappa shape index (κ3) is 7.11. The number of carbonyl (C=O) groups excluding carboxylic acids is 1. The van der Waals surface area contributed by atoms with E-state index in [2.05, 4.69) is 4.90 Å². The normalized spacial score (nSPS) is 18.1. The summed E-state index contributed by atoms with van der Waals surface area (Å²) in [6.45, 7) is 8.26. The van der Waals surface area contributed by atoms with Crippen molar-refractivity contribution in [2.75, 3.05) is 37.1 Å². The fourth-order valence-electron chi connectivity index (χ4n) is 5.88. The number of piperidine rings is 1. The molecule has 3 aromatic rings. The number of likely N-dealkylation sites (tertiary alicyclic amines) is 1. The zero-order chi connectivity index (χ0) is 31.4. The molecule has 2 aliphatic heterocycles. The second-order valence-electron chi connectivity index (χ2n) is 11.4. The molecule has 0 spiro atoms. The summed E-state index contributed by atoms with van der Waals surface area (Å²) in [6, 6.07) is 16.8. The SMILES string of the molecule is CCOC(=O)C1CCN(CC[C@H]2CN(S(=O)(=O)c3cccc(C)c3)c3cc(/C=C(\C)c4c(F)cccc4Cl)ccc3O2)CC1. The van der Waals surface area contributed by atoms with Crippen LogP contribution in [0.5, 0.6) is 5.75 Å². The molecular weight excluding hydrogens is 603 g/mol. The predicted molar refractivity (Wildman–Crippen MR) is 172 cm³/mol. The summed E-state index contributed by atoms with van der Waals surface area (Å²) in [6.07, 6.45) is 3.53. The monoisotopic (exact) mass is 640 g/mol. The van der Waals surface area contributed by atoms with Crippen molar-refractivity contribution in [3.8, 4) is 5.75 Å². The first-order chi connectivity index (χ1) is 21.1. The number of allylic oxidation sites excluding steroid dienone is 1. The average molecular weight is 641 g/mol. The van der Waals surface area contributed by atoms with Crippen molar-refractivity contribution in [1.29, 1.82) is 0 Å². The van der Waals surface area contributed by atoms with E-state index >= 15 is 0 Å². The van der Waals surface area contributed by atoms with Crippen LogP contribution in [0.1, 0.15) is 49.8 Å². The summed E-state index contributed by atoms with van der Waals surface area (Å²) < 4.78 is 55.8. The molecule has 1 atom stereocenters. The van der Waals surface area contributed by atoms with E-state index in [1.165, 1.54) is 10.4 Å². The van der Waals surface area contributed by atoms with Gasteiger partial charge in [-0.2, -0.15) is 0 Å². The molecule has 3 aromatic carbocycles. The Morgan fingerprint density at radius 2 is 1.86 bits per heavy atom. The molecule has 234 valence electrons. The molecule has 0 N–H and O–H groups in total. The van der Waals surface area contributed by atoms with Gasteiger partial charge in [-0.05, 0) is 106 Å². The molecule has 7 nitrogen and oxygen atoms in total. The Labute approximate surface area is 264 Å². The van der Waals surface area contributed by atoms with Gasteiger partial charge in [-0.1, -0.05) is 41.9 Å². The first kappa shape index (κ1) is 32.0. The van der Waals surface area contributed by atoms with Crippen LogP contribution in [0.4, 0.5) is 10.1 Å². The van der Waals surface area contributed by atoms with E-state index in [0.29, 0.717) is 46.2 Å². The predicted octanol–water partition coefficient (Wildman–Crippen LogP) is 6.97. The van der Waals surface area contributed by atoms with E-state index < -0.39 is 15.8 Å². The van der Waals surface area contributed by atoms with Crippen LogP contribution in [0, 0.1) is 18.7 Å². The second-order valence-corrected chi connectivity index (χ2v) is 13.7. The molecule has 1 fully saturated rings. The first-order valence-electron chi connectivity index (χ1n) is 15.0. The van der Waals surface area contributed by atoms with Crippen molar-refractivity contribution in [3.05, 3.63) is 88.2 Å². The second kappa shape index (κ2) is 13.7. The molecular formula is C34H38ClFN2O5S. The zero-order valence-corrected chi connectivity index (χ0v) is 26.8. The van der Waals surface area contributed by atoms with Crippen LogP contribution in [-0.4, -0.2) is 58.2 Å². The molecule has 2 aliphatic rings. The van der Waals surface area contributed by atoms with Crippen LogP contribution in [0.3, 0.4) is 0 Å². The van der Waals surface area contributed by atoms with Crippen molar-refractivity contribution >= 4 is 44.9 Å². The number of ether oxygens (including phenoxy) is 2. The quantitative estimate of drug-likeness (QED) is 0.186. The number of aryl methyl sites for hydroxylation is 1. The highest BCUT2D eigenvalue weighted by molar-refractivity contribution is 7.92. The number of rotatable bonds is 9. The number of nitrogens with zero attached hydrogens (tertiary/aromatic N) is 2. The minimum atomic E-state index is -3.92. The first-order valence-corrected chi connectivity index (χ1v) is 16.8. The van der Waals surface area contributed by atoms with Gasteiger partial charge in [0, 0.05) is 12.1 Å². The van der Waals surface area contributed by atoms with Gasteiger partial charge in [-0.25, -0.2) is 12.8 Å². The van der Waals surface area contributed by atoms with Gasteiger partial charge in [0.25, 0.3) is 10.0 Å². The summed E-state index contributed by atoms with van der Waals surface area (Å²) in [5.74, 6) is -0.153. The lowest BCUT2D eigenvalue weighted by atomic mass is 9.97. The largest absolute Gasteiger partial charge is 0.486 e. The van der Waals surface area contributed by atoms with Gasteiger partial charge in [0.05, 0.1) is 34.7 Å². The van der Waals surface area contributed by atoms with Gasteiger partial charge in [0.2, 0.25) is 0 Å². The Morgan fingerprint density at radius 1 is 1.11 bits per heavy atom. The van der Waals surface area contributed by atoms with Crippen molar-refractivity contribution in [2.45, 2.75) is 51.0 Å². The minimum Gasteiger partial charge on any atom is -0.486 e. The van der Waals surface area contributed by atoms with Crippen LogP contribution in [0.2, 0.25) is 5.02 Å². The van der Waals surface area contributed by atoms with Crippen LogP contribution in [0.25, 0.3) is 11.6 Å². The molecule has 0 radical (unpaired) electrons. The fourth-order valence-corrected chi connectivity index (χ4v) is 7.79. The zero-order valence-electron chi connectivity index (χ0n) is 25.3. The highest BCUT2D eigenvalue weighted by Gasteiger charge is 2.35. The molecule has 2 heterocycles. The standard InChI is InChI=1S/C34H38ClFN2O5S/c1-4-42-34(39)26-13-16-37(17-14-26)18-15-27-22-38(44(40,41)28-8-5-7-23(2)19-28)31-21-25(11-12-32(31)43-27)20-24(3)33-29(35)9-6-10-30(33)36/h5-12,19-21,26-27H,4,13-18,22H2,1-3H3/b24-20+/t27-/m0/s1. The molecule has 0 aliphatic carbocycles. The average Bonchev–Trinajstić information content (AvgIpc) is 3.00. The number of carbonyl (C=O) groups is 1. The molecule has 0 saturated carbocycles. The van der Waals surface area contributed by atoms with E-state index in [-0.39, 0.29) is 29.4 Å². The van der Waals surface area contributed by atoms with E-state index in [0.717, 1.165) is 38.0 Å². The molecule has 44 heavy (non-hydrogen) atoms. The van der Waals surface area contributed by atoms with Crippen molar-refractivity contribution < 1.29 is 27.1 Å². The summed E-state index contributed by atoms with van der Waals surface area (Å²) in [7, 11) is -3.92. The number of hydrogen-bond donors (Lipinski definition) is 0. The number of anilines is 1. The minimum absolute atomic E-state index is 0.0692. The van der Waals surface area contributed by atoms with Gasteiger partial charge in [-0.15, -0.1) is 0 Å². The maximum atomic E-state index is 14.6. The van der Waals surface area contributed by atoms with Crippen LogP contribution in [-0.2, 0) is 19.6 Å². The lowest BCUT2D eigenvalue weighted by Crippen LogP contribution is -2.45. The summed E-state index contributed by atoms with van der Waals surface area (Å²) in [5, 5.41) is 0.302. The lowest BCUT2D eigenvalue weighted by Gasteiger charge is -2.37. The summed E-state index contributed by atoms with van der Waals surface area (Å²) >= 11 is 6.29. The third-order valence-electron chi connectivity index (χ3n) is 8.21. The molecule has 0 unspecified atom stereocenters. The Hall–Kier alpha value is -3.40. The molecule has 0 aromatic heterocycles. The smallest absolute Gasteiger partial charge is 0.309 e. The number of benzene rings is 3. The Morgan fingerprint density at radius 3 is 2.57 bits per heavy atom. The van der Waals surface area contributed by atoms with Gasteiger partial charge >= 0.3 is 5.97 Å². The molecule has 0 amide bonds. The number of hydrogen-bond acceptors (Lipinski definition) is 6. The van der Waals surface area contributed by atoms with Gasteiger partial charge in [0.15, 0.2) is 0 Å². The van der Waals surface area contributed by atoms with Crippen molar-refractivity contribution in [2.24, 2.45) is 5.92 Å². The van der Waals surface area contributed by atoms with Gasteiger partial charge in [-0.3, -0.25) is 9.10 Å². The Balaban J connectivity index is 1.40. The Bertz CT molecular complexity index is 1630. The van der Waals surface area contributed by atoms with Crippen LogP contribution < -0.4 is 9.04 Å². The number of sulfonamides is 1. The summed E-state index contributed by atoms with van der Waals surface area (Å²) in [4.78, 5) is 14.6. The molecule has 10 heteroatoms. The molecule has 5 rings (SSSR count). The number of halogens is 2. The van der Waals surface area contributed by atoms with Gasteiger partial charge in [0.1, 0.15) is 17.7 Å². The van der Waals surface area contributed by atoms with E-state index in [4.69, 9.17) is 21.1 Å². The van der Waals surface area contributed by atoms with E-state index in [1.54, 1.807) is 55.5 Å². The van der Waals surface area contributed by atoms with Crippen molar-refractivity contribution in [1.82, 2.24) is 4.90 Å². The number of esters is 1. The van der Waals surface area contributed by atoms with Crippen molar-refractivity contribution in [3.63, 3.8) is 0 Å². The highest BCUT2D eigenvalue weighted by atomic mass is 35.5. The van der Waals surface area contributed by atoms with E-state index in [1.807, 2.05) is 26.0 Å². The lowest BCUT2D eigenvalue weighted by molar-refractivity contribution is -0.149. The van der Waals surface area contributed by atoms with E-state index in [9.17, 15) is 17.6 Å². The number of fused-ring (bicyclic) bond motifs is 1. The fraction of sp³-hybridized carbons (Fsp3) is 0.382. The topological polar surface area (TPSA) is 76.2 Å². The summed E-state index contributed by atoms with van der Waals surface area (Å²) in [5.41, 5.74) is 2.88. The molecule has 1 saturated heterocycles. The van der Waals surface area contributed by atoms with Crippen LogP contribution in [0.15, 0.2) is 65.6 Å².